The van der Waals surface area contributed by atoms with Crippen molar-refractivity contribution in [3.05, 3.63) is 12.3 Å². The largest absolute Gasteiger partial charge is 0.373 e. The molecule has 7 heavy (non-hydrogen) atoms. The molecule has 0 saturated carbocycles. The zero-order chi connectivity index (χ0) is 5.11. The molecular weight excluding hydrogens is 94.1 g/mol. The smallest absolute Gasteiger partial charge is 0.200 e. The van der Waals surface area contributed by atoms with Gasteiger partial charge in [-0.25, -0.2) is 0 Å². The third-order valence-corrected chi connectivity index (χ3v) is 0.498. The van der Waals surface area contributed by atoms with E-state index in [9.17, 15) is 0 Å². The molecule has 1 rings (SSSR count). The second kappa shape index (κ2) is 1.51. The van der Waals surface area contributed by atoms with Crippen LogP contribution in [-0.2, 0) is 4.84 Å². The molecule has 0 atom stereocenters. The van der Waals surface area contributed by atoms with Crippen LogP contribution in [-0.4, -0.2) is 5.84 Å². The molecule has 1 N–H and O–H groups in total. The maximum atomic E-state index is 8.43. The molecule has 0 unspecified atom stereocenters. The Hall–Kier alpha value is -1.19. The van der Waals surface area contributed by atoms with E-state index in [4.69, 9.17) is 5.73 Å². The Labute approximate surface area is 40.6 Å². The van der Waals surface area contributed by atoms with E-state index >= 15 is 0 Å². The van der Waals surface area contributed by atoms with Crippen LogP contribution in [0.4, 0.5) is 0 Å². The molecule has 0 saturated heterocycles. The number of nitrogens with zero attached hydrogens (tertiary/aromatic N) is 2. The molecular formula is C3H3N3O. The van der Waals surface area contributed by atoms with Crippen molar-refractivity contribution in [2.75, 3.05) is 0 Å². The van der Waals surface area contributed by atoms with Gasteiger partial charge in [0.05, 0.1) is 0 Å². The van der Waals surface area contributed by atoms with Crippen molar-refractivity contribution in [3.63, 3.8) is 0 Å². The first kappa shape index (κ1) is 3.98. The maximum Gasteiger partial charge on any atom is 0.200 e. The number of nitrogens with one attached hydrogen (secondary N) is 1. The van der Waals surface area contributed by atoms with Gasteiger partial charge in [-0.1, -0.05) is 0 Å². The van der Waals surface area contributed by atoms with Crippen LogP contribution in [0, 0.1) is 0 Å². The summed E-state index contributed by atoms with van der Waals surface area (Å²) in [4.78, 5) is 4.36. The van der Waals surface area contributed by atoms with E-state index in [1.165, 1.54) is 12.3 Å². The third kappa shape index (κ3) is 0.819. The summed E-state index contributed by atoms with van der Waals surface area (Å²) >= 11 is 0. The van der Waals surface area contributed by atoms with Gasteiger partial charge in [0.15, 0.2) is 5.84 Å². The van der Waals surface area contributed by atoms with E-state index in [0.29, 0.717) is 0 Å². The molecule has 4 heteroatoms. The molecule has 0 fully saturated rings. The molecule has 0 bridgehead atoms. The lowest BCUT2D eigenvalue weighted by molar-refractivity contribution is 0.135. The number of hydrogen-bond acceptors (Lipinski definition) is 3. The molecule has 1 aliphatic heterocycles. The van der Waals surface area contributed by atoms with Crippen LogP contribution in [0.1, 0.15) is 0 Å². The van der Waals surface area contributed by atoms with Gasteiger partial charge in [0.25, 0.3) is 0 Å². The molecule has 0 aromatic carbocycles. The van der Waals surface area contributed by atoms with Crippen LogP contribution in [0.2, 0.25) is 0 Å². The molecule has 4 nitrogen and oxygen atoms in total. The number of rotatable bonds is 0. The Bertz CT molecular complexity index is 117. The van der Waals surface area contributed by atoms with Crippen molar-refractivity contribution in [1.82, 2.24) is 11.3 Å². The van der Waals surface area contributed by atoms with E-state index in [1.807, 2.05) is 0 Å². The Morgan fingerprint density at radius 1 is 1.86 bits per heavy atom. The molecule has 36 valence electrons. The van der Waals surface area contributed by atoms with Crippen LogP contribution in [0.5, 0.6) is 0 Å². The Balaban J connectivity index is 2.58. The molecule has 0 aromatic heterocycles. The van der Waals surface area contributed by atoms with Crippen molar-refractivity contribution < 1.29 is 4.84 Å². The topological polar surface area (TPSA) is 55.9 Å². The molecule has 1 heterocycles. The van der Waals surface area contributed by atoms with Gasteiger partial charge >= 0.3 is 0 Å². The van der Waals surface area contributed by atoms with Crippen molar-refractivity contribution in [3.8, 4) is 0 Å². The molecule has 0 amide bonds. The summed E-state index contributed by atoms with van der Waals surface area (Å²) in [7, 11) is 0. The normalized spacial score (nSPS) is 16.9. The van der Waals surface area contributed by atoms with Gasteiger partial charge in [0, 0.05) is 6.08 Å². The van der Waals surface area contributed by atoms with Crippen LogP contribution in [0.15, 0.2) is 17.4 Å². The predicted molar refractivity (Wildman–Crippen MR) is 22.9 cm³/mol. The van der Waals surface area contributed by atoms with Crippen LogP contribution >= 0.6 is 0 Å². The minimum absolute atomic E-state index is 0.0775. The second-order valence-corrected chi connectivity index (χ2v) is 0.982. The van der Waals surface area contributed by atoms with Gasteiger partial charge in [-0.05, 0) is 0 Å². The summed E-state index contributed by atoms with van der Waals surface area (Å²) in [6, 6.07) is 0. The van der Waals surface area contributed by atoms with Gasteiger partial charge in [0.2, 0.25) is 0 Å². The van der Waals surface area contributed by atoms with Crippen LogP contribution in [0.25, 0.3) is 0 Å². The van der Waals surface area contributed by atoms with Crippen LogP contribution < -0.4 is 11.3 Å². The molecule has 2 radical (unpaired) electrons. The van der Waals surface area contributed by atoms with Gasteiger partial charge in [-0.2, -0.15) is 0 Å². The monoisotopic (exact) mass is 97.0 g/mol. The van der Waals surface area contributed by atoms with E-state index in [1.54, 1.807) is 0 Å². The lowest BCUT2D eigenvalue weighted by atomic mass is 10.6. The van der Waals surface area contributed by atoms with E-state index in [-0.39, 0.29) is 5.84 Å². The summed E-state index contributed by atoms with van der Waals surface area (Å²) in [5, 5.41) is 3.24. The highest BCUT2D eigenvalue weighted by Gasteiger charge is 1.90. The summed E-state index contributed by atoms with van der Waals surface area (Å²) in [5.74, 6) is -0.0775. The number of amidine groups is 1. The first-order valence-electron chi connectivity index (χ1n) is 1.73. The lowest BCUT2D eigenvalue weighted by Gasteiger charge is -1.99. The highest BCUT2D eigenvalue weighted by Crippen LogP contribution is 1.81. The van der Waals surface area contributed by atoms with Crippen molar-refractivity contribution in [2.24, 2.45) is 5.10 Å². The highest BCUT2D eigenvalue weighted by molar-refractivity contribution is 5.90. The van der Waals surface area contributed by atoms with Crippen molar-refractivity contribution in [2.45, 2.75) is 0 Å². The third-order valence-electron chi connectivity index (χ3n) is 0.498. The molecule has 1 aliphatic rings. The quantitative estimate of drug-likeness (QED) is 0.439. The van der Waals surface area contributed by atoms with Gasteiger partial charge < -0.3 is 4.84 Å². The zero-order valence-electron chi connectivity index (χ0n) is 3.46. The minimum atomic E-state index is -0.0775. The summed E-state index contributed by atoms with van der Waals surface area (Å²) in [6.45, 7) is 0. The fraction of sp³-hybridized carbons (Fsp3) is 0. The SMILES string of the molecule is [N]C1=NNOC=C1. The number of hydrogen-bond donors (Lipinski definition) is 1. The zero-order valence-corrected chi connectivity index (χ0v) is 3.46. The Morgan fingerprint density at radius 2 is 2.71 bits per heavy atom. The minimum Gasteiger partial charge on any atom is -0.373 e. The van der Waals surface area contributed by atoms with Crippen molar-refractivity contribution >= 4 is 5.84 Å². The summed E-state index contributed by atoms with van der Waals surface area (Å²) in [5.41, 5.74) is 10.5. The average Bonchev–Trinajstić information content (AvgIpc) is 1.69. The highest BCUT2D eigenvalue weighted by atomic mass is 16.7. The van der Waals surface area contributed by atoms with Crippen molar-refractivity contribution in [1.29, 1.82) is 0 Å². The maximum absolute atomic E-state index is 8.43. The molecule has 0 spiro atoms. The molecule has 0 aliphatic carbocycles. The van der Waals surface area contributed by atoms with Crippen LogP contribution in [0.3, 0.4) is 0 Å². The summed E-state index contributed by atoms with van der Waals surface area (Å²) in [6.07, 6.45) is 2.62. The first-order valence-corrected chi connectivity index (χ1v) is 1.73. The lowest BCUT2D eigenvalue weighted by Crippen LogP contribution is -2.11. The fourth-order valence-electron chi connectivity index (χ4n) is 0.236. The predicted octanol–water partition coefficient (Wildman–Crippen LogP) is -0.583. The van der Waals surface area contributed by atoms with E-state index in [2.05, 4.69) is 15.5 Å². The van der Waals surface area contributed by atoms with E-state index < -0.39 is 0 Å². The Kier molecular flexibility index (Phi) is 0.856. The van der Waals surface area contributed by atoms with E-state index in [0.717, 1.165) is 0 Å². The average molecular weight is 97.1 g/mol. The van der Waals surface area contributed by atoms with Gasteiger partial charge in [0.1, 0.15) is 6.26 Å². The first-order chi connectivity index (χ1) is 3.39. The van der Waals surface area contributed by atoms with Gasteiger partial charge in [-0.3, -0.25) is 0 Å². The second-order valence-electron chi connectivity index (χ2n) is 0.982. The Morgan fingerprint density at radius 3 is 3.00 bits per heavy atom. The fourth-order valence-corrected chi connectivity index (χ4v) is 0.236. The summed E-state index contributed by atoms with van der Waals surface area (Å²) < 4.78 is 0. The van der Waals surface area contributed by atoms with Gasteiger partial charge in [-0.15, -0.1) is 16.4 Å². The number of hydrazone groups is 1. The molecule has 0 aromatic rings. The standard InChI is InChI=1S/C3H3N3O/c4-3-1-2-7-6-5-3/h1-2,6H.